The topological polar surface area (TPSA) is 35.2 Å². The fourth-order valence-corrected chi connectivity index (χ4v) is 2.14. The molecule has 1 aliphatic carbocycles. The van der Waals surface area contributed by atoms with E-state index in [0.717, 1.165) is 24.0 Å². The predicted octanol–water partition coefficient (Wildman–Crippen LogP) is 3.10. The van der Waals surface area contributed by atoms with Crippen molar-refractivity contribution in [3.05, 3.63) is 29.3 Å². The van der Waals surface area contributed by atoms with Gasteiger partial charge in [0, 0.05) is 6.04 Å². The zero-order valence-electron chi connectivity index (χ0n) is 9.42. The average molecular weight is 245 g/mol. The number of benzene rings is 1. The highest BCUT2D eigenvalue weighted by Crippen LogP contribution is 2.38. The van der Waals surface area contributed by atoms with Crippen molar-refractivity contribution in [3.8, 4) is 5.75 Å². The van der Waals surface area contributed by atoms with Crippen LogP contribution >= 0.6 is 0 Å². The molecule has 2 rings (SSSR count). The van der Waals surface area contributed by atoms with E-state index in [1.54, 1.807) is 6.92 Å². The Bertz CT molecular complexity index is 411. The molecule has 0 spiro atoms. The quantitative estimate of drug-likeness (QED) is 0.868. The van der Waals surface area contributed by atoms with Crippen LogP contribution in [0.5, 0.6) is 5.75 Å². The Kier molecular flexibility index (Phi) is 3.03. The molecule has 0 aliphatic heterocycles. The van der Waals surface area contributed by atoms with Gasteiger partial charge in [0.2, 0.25) is 0 Å². The smallest absolute Gasteiger partial charge is 0.406 e. The molecular weight excluding hydrogens is 231 g/mol. The SMILES string of the molecule is Cc1cc(OC(F)(F)F)cc(C2CC(N)C2)c1. The van der Waals surface area contributed by atoms with Gasteiger partial charge in [0.1, 0.15) is 5.75 Å². The monoisotopic (exact) mass is 245 g/mol. The summed E-state index contributed by atoms with van der Waals surface area (Å²) in [6, 6.07) is 4.90. The summed E-state index contributed by atoms with van der Waals surface area (Å²) in [5.41, 5.74) is 7.32. The van der Waals surface area contributed by atoms with Crippen molar-refractivity contribution in [2.45, 2.75) is 38.1 Å². The van der Waals surface area contributed by atoms with Gasteiger partial charge in [0.05, 0.1) is 0 Å². The first-order valence-electron chi connectivity index (χ1n) is 5.46. The van der Waals surface area contributed by atoms with Crippen LogP contribution in [0, 0.1) is 6.92 Å². The summed E-state index contributed by atoms with van der Waals surface area (Å²) in [6.07, 6.45) is -2.98. The minimum Gasteiger partial charge on any atom is -0.406 e. The molecule has 0 bridgehead atoms. The van der Waals surface area contributed by atoms with Gasteiger partial charge in [-0.2, -0.15) is 0 Å². The van der Waals surface area contributed by atoms with Crippen molar-refractivity contribution in [3.63, 3.8) is 0 Å². The lowest BCUT2D eigenvalue weighted by Crippen LogP contribution is -2.34. The van der Waals surface area contributed by atoms with Gasteiger partial charge in [0.15, 0.2) is 0 Å². The second kappa shape index (κ2) is 4.22. The number of ether oxygens (including phenoxy) is 1. The number of hydrogen-bond donors (Lipinski definition) is 1. The number of alkyl halides is 3. The van der Waals surface area contributed by atoms with Crippen LogP contribution in [0.1, 0.15) is 29.9 Å². The van der Waals surface area contributed by atoms with Gasteiger partial charge in [-0.3, -0.25) is 0 Å². The molecule has 0 unspecified atom stereocenters. The standard InChI is InChI=1S/C12H14F3NO/c1-7-2-8(9-4-10(16)5-9)6-11(3-7)17-12(13,14)15/h2-3,6,9-10H,4-5,16H2,1H3. The highest BCUT2D eigenvalue weighted by atomic mass is 19.4. The molecule has 5 heteroatoms. The largest absolute Gasteiger partial charge is 0.573 e. The Morgan fingerprint density at radius 2 is 1.88 bits per heavy atom. The summed E-state index contributed by atoms with van der Waals surface area (Å²) in [5.74, 6) is 0.119. The normalized spacial score (nSPS) is 24.3. The van der Waals surface area contributed by atoms with Gasteiger partial charge in [-0.15, -0.1) is 13.2 Å². The molecule has 2 N–H and O–H groups in total. The Morgan fingerprint density at radius 3 is 2.41 bits per heavy atom. The summed E-state index contributed by atoms with van der Waals surface area (Å²) in [5, 5.41) is 0. The Balaban J connectivity index is 2.18. The number of hydrogen-bond acceptors (Lipinski definition) is 2. The van der Waals surface area contributed by atoms with Gasteiger partial charge in [0.25, 0.3) is 0 Å². The van der Waals surface area contributed by atoms with Gasteiger partial charge in [-0.1, -0.05) is 6.07 Å². The van der Waals surface area contributed by atoms with Gasteiger partial charge in [-0.25, -0.2) is 0 Å². The van der Waals surface area contributed by atoms with Crippen LogP contribution in [-0.2, 0) is 0 Å². The third kappa shape index (κ3) is 3.12. The lowest BCUT2D eigenvalue weighted by Gasteiger charge is -2.33. The van der Waals surface area contributed by atoms with Crippen LogP contribution < -0.4 is 10.5 Å². The van der Waals surface area contributed by atoms with Crippen molar-refractivity contribution >= 4 is 0 Å². The lowest BCUT2D eigenvalue weighted by atomic mass is 9.76. The summed E-state index contributed by atoms with van der Waals surface area (Å²) in [6.45, 7) is 1.76. The van der Waals surface area contributed by atoms with E-state index in [0.29, 0.717) is 0 Å². The predicted molar refractivity (Wildman–Crippen MR) is 57.8 cm³/mol. The Labute approximate surface area is 97.6 Å². The molecule has 2 nitrogen and oxygen atoms in total. The first kappa shape index (κ1) is 12.2. The lowest BCUT2D eigenvalue weighted by molar-refractivity contribution is -0.274. The van der Waals surface area contributed by atoms with Gasteiger partial charge in [-0.05, 0) is 48.9 Å². The second-order valence-corrected chi connectivity index (χ2v) is 4.56. The molecular formula is C12H14F3NO. The summed E-state index contributed by atoms with van der Waals surface area (Å²) >= 11 is 0. The van der Waals surface area contributed by atoms with Crippen molar-refractivity contribution in [2.75, 3.05) is 0 Å². The van der Waals surface area contributed by atoms with Crippen LogP contribution in [0.15, 0.2) is 18.2 Å². The second-order valence-electron chi connectivity index (χ2n) is 4.56. The molecule has 0 saturated heterocycles. The molecule has 94 valence electrons. The molecule has 1 aromatic carbocycles. The van der Waals surface area contributed by atoms with Crippen molar-refractivity contribution in [1.82, 2.24) is 0 Å². The van der Waals surface area contributed by atoms with E-state index in [4.69, 9.17) is 5.73 Å². The van der Waals surface area contributed by atoms with E-state index in [1.807, 2.05) is 6.07 Å². The summed E-state index contributed by atoms with van der Waals surface area (Å²) < 4.78 is 40.3. The minimum absolute atomic E-state index is 0.145. The zero-order valence-corrected chi connectivity index (χ0v) is 9.42. The van der Waals surface area contributed by atoms with Crippen LogP contribution in [0.25, 0.3) is 0 Å². The highest BCUT2D eigenvalue weighted by Gasteiger charge is 2.32. The first-order chi connectivity index (χ1) is 7.83. The molecule has 1 aromatic rings. The molecule has 0 heterocycles. The van der Waals surface area contributed by atoms with E-state index >= 15 is 0 Å². The van der Waals surface area contributed by atoms with E-state index in [2.05, 4.69) is 4.74 Å². The van der Waals surface area contributed by atoms with Crippen LogP contribution in [-0.4, -0.2) is 12.4 Å². The van der Waals surface area contributed by atoms with Crippen LogP contribution in [0.2, 0.25) is 0 Å². The molecule has 0 radical (unpaired) electrons. The molecule has 0 aromatic heterocycles. The fraction of sp³-hybridized carbons (Fsp3) is 0.500. The summed E-state index contributed by atoms with van der Waals surface area (Å²) in [4.78, 5) is 0. The minimum atomic E-state index is -4.64. The van der Waals surface area contributed by atoms with Gasteiger partial charge < -0.3 is 10.5 Å². The van der Waals surface area contributed by atoms with Crippen molar-refractivity contribution in [2.24, 2.45) is 5.73 Å². The Morgan fingerprint density at radius 1 is 1.24 bits per heavy atom. The zero-order chi connectivity index (χ0) is 12.6. The van der Waals surface area contributed by atoms with E-state index < -0.39 is 6.36 Å². The van der Waals surface area contributed by atoms with E-state index in [9.17, 15) is 13.2 Å². The number of rotatable bonds is 2. The number of halogens is 3. The molecule has 17 heavy (non-hydrogen) atoms. The fourth-order valence-electron chi connectivity index (χ4n) is 2.14. The van der Waals surface area contributed by atoms with Crippen LogP contribution in [0.4, 0.5) is 13.2 Å². The maximum Gasteiger partial charge on any atom is 0.573 e. The molecule has 1 aliphatic rings. The third-order valence-corrected chi connectivity index (χ3v) is 2.95. The third-order valence-electron chi connectivity index (χ3n) is 2.95. The number of nitrogens with two attached hydrogens (primary N) is 1. The van der Waals surface area contributed by atoms with E-state index in [1.165, 1.54) is 12.1 Å². The Hall–Kier alpha value is -1.23. The highest BCUT2D eigenvalue weighted by molar-refractivity contribution is 5.37. The maximum absolute atomic E-state index is 12.1. The van der Waals surface area contributed by atoms with Crippen LogP contribution in [0.3, 0.4) is 0 Å². The average Bonchev–Trinajstić information content (AvgIpc) is 2.08. The van der Waals surface area contributed by atoms with Gasteiger partial charge >= 0.3 is 6.36 Å². The van der Waals surface area contributed by atoms with E-state index in [-0.39, 0.29) is 17.7 Å². The first-order valence-corrected chi connectivity index (χ1v) is 5.46. The molecule has 1 saturated carbocycles. The van der Waals surface area contributed by atoms with Crippen molar-refractivity contribution < 1.29 is 17.9 Å². The summed E-state index contributed by atoms with van der Waals surface area (Å²) in [7, 11) is 0. The van der Waals surface area contributed by atoms with Crippen molar-refractivity contribution in [1.29, 1.82) is 0 Å². The molecule has 0 amide bonds. The molecule has 0 atom stereocenters. The number of aryl methyl sites for hydroxylation is 1. The maximum atomic E-state index is 12.1. The molecule has 1 fully saturated rings.